The summed E-state index contributed by atoms with van der Waals surface area (Å²) in [6.07, 6.45) is 1.95. The fourth-order valence-corrected chi connectivity index (χ4v) is 2.03. The van der Waals surface area contributed by atoms with Crippen LogP contribution in [0.2, 0.25) is 0 Å². The molecule has 1 aromatic rings. The molecular weight excluding hydrogens is 290 g/mol. The van der Waals surface area contributed by atoms with E-state index in [1.165, 1.54) is 5.56 Å². The lowest BCUT2D eigenvalue weighted by molar-refractivity contribution is 0.172. The fourth-order valence-electron chi connectivity index (χ4n) is 2.03. The predicted molar refractivity (Wildman–Crippen MR) is 96.0 cm³/mol. The molecule has 5 heteroatoms. The van der Waals surface area contributed by atoms with Gasteiger partial charge in [-0.05, 0) is 30.9 Å². The normalized spacial score (nSPS) is 11.8. The number of aliphatic imine (C=N–C) groups is 1. The maximum Gasteiger partial charge on any atom is 0.188 e. The zero-order valence-electron chi connectivity index (χ0n) is 14.9. The van der Waals surface area contributed by atoms with Crippen molar-refractivity contribution in [1.82, 2.24) is 5.32 Å². The van der Waals surface area contributed by atoms with Crippen LogP contribution in [0, 0.1) is 12.8 Å². The Labute approximate surface area is 140 Å². The van der Waals surface area contributed by atoms with E-state index in [1.54, 1.807) is 7.11 Å². The average molecular weight is 321 g/mol. The summed E-state index contributed by atoms with van der Waals surface area (Å²) >= 11 is 0. The number of aryl methyl sites for hydroxylation is 1. The zero-order valence-corrected chi connectivity index (χ0v) is 14.9. The van der Waals surface area contributed by atoms with Crippen molar-refractivity contribution in [1.29, 1.82) is 0 Å². The molecule has 3 N–H and O–H groups in total. The minimum absolute atomic E-state index is 0.483. The van der Waals surface area contributed by atoms with Gasteiger partial charge in [0.15, 0.2) is 5.96 Å². The second-order valence-corrected chi connectivity index (χ2v) is 6.12. The van der Waals surface area contributed by atoms with Gasteiger partial charge in [-0.2, -0.15) is 0 Å². The summed E-state index contributed by atoms with van der Waals surface area (Å²) in [5.74, 6) is 2.01. The van der Waals surface area contributed by atoms with Crippen LogP contribution in [-0.2, 0) is 11.3 Å². The van der Waals surface area contributed by atoms with Gasteiger partial charge in [0, 0.05) is 32.2 Å². The van der Waals surface area contributed by atoms with Crippen molar-refractivity contribution in [3.8, 4) is 5.75 Å². The number of hydrogen-bond acceptors (Lipinski definition) is 3. The largest absolute Gasteiger partial charge is 0.493 e. The maximum atomic E-state index is 5.91. The summed E-state index contributed by atoms with van der Waals surface area (Å²) in [5.41, 5.74) is 8.12. The Morgan fingerprint density at radius 1 is 1.30 bits per heavy atom. The van der Waals surface area contributed by atoms with Crippen LogP contribution in [0.4, 0.5) is 0 Å². The topological polar surface area (TPSA) is 68.9 Å². The van der Waals surface area contributed by atoms with Gasteiger partial charge in [0.05, 0.1) is 13.2 Å². The first kappa shape index (κ1) is 19.3. The van der Waals surface area contributed by atoms with E-state index in [0.29, 0.717) is 31.6 Å². The van der Waals surface area contributed by atoms with E-state index in [2.05, 4.69) is 37.1 Å². The zero-order chi connectivity index (χ0) is 17.1. The molecule has 0 atom stereocenters. The average Bonchev–Trinajstić information content (AvgIpc) is 2.50. The number of guanidine groups is 1. The number of hydrogen-bond donors (Lipinski definition) is 2. The van der Waals surface area contributed by atoms with Gasteiger partial charge >= 0.3 is 0 Å². The third-order valence-corrected chi connectivity index (χ3v) is 3.42. The minimum atomic E-state index is 0.483. The molecule has 0 aliphatic heterocycles. The summed E-state index contributed by atoms with van der Waals surface area (Å²) in [6, 6.07) is 6.15. The first-order chi connectivity index (χ1) is 11.0. The van der Waals surface area contributed by atoms with Gasteiger partial charge in [-0.15, -0.1) is 0 Å². The summed E-state index contributed by atoms with van der Waals surface area (Å²) in [5, 5.41) is 3.15. The molecule has 0 unspecified atom stereocenters. The molecule has 0 aromatic heterocycles. The molecule has 0 spiro atoms. The number of nitrogens with two attached hydrogens (primary N) is 1. The maximum absolute atomic E-state index is 5.91. The highest BCUT2D eigenvalue weighted by Crippen LogP contribution is 2.21. The number of nitrogens with one attached hydrogen (secondary N) is 1. The number of methoxy groups -OCH3 is 1. The lowest BCUT2D eigenvalue weighted by Crippen LogP contribution is -2.32. The van der Waals surface area contributed by atoms with Crippen molar-refractivity contribution in [2.24, 2.45) is 16.6 Å². The number of nitrogens with zero attached hydrogens (tertiary/aromatic N) is 1. The Morgan fingerprint density at radius 3 is 2.78 bits per heavy atom. The first-order valence-electron chi connectivity index (χ1n) is 8.28. The third kappa shape index (κ3) is 8.45. The Hall–Kier alpha value is -1.75. The quantitative estimate of drug-likeness (QED) is 0.395. The summed E-state index contributed by atoms with van der Waals surface area (Å²) in [7, 11) is 1.70. The number of ether oxygens (including phenoxy) is 2. The smallest absolute Gasteiger partial charge is 0.188 e. The number of rotatable bonds is 10. The highest BCUT2D eigenvalue weighted by atomic mass is 16.5. The first-order valence-corrected chi connectivity index (χ1v) is 8.28. The van der Waals surface area contributed by atoms with E-state index < -0.39 is 0 Å². The fraction of sp³-hybridized carbons (Fsp3) is 0.611. The van der Waals surface area contributed by atoms with E-state index in [-0.39, 0.29) is 0 Å². The third-order valence-electron chi connectivity index (χ3n) is 3.42. The van der Waals surface area contributed by atoms with Crippen molar-refractivity contribution in [2.45, 2.75) is 40.2 Å². The Bertz CT molecular complexity index is 487. The molecule has 0 aliphatic rings. The summed E-state index contributed by atoms with van der Waals surface area (Å²) in [4.78, 5) is 4.40. The second-order valence-electron chi connectivity index (χ2n) is 6.12. The van der Waals surface area contributed by atoms with Crippen LogP contribution in [0.3, 0.4) is 0 Å². The van der Waals surface area contributed by atoms with E-state index in [9.17, 15) is 0 Å². The molecule has 0 aliphatic carbocycles. The van der Waals surface area contributed by atoms with Gasteiger partial charge < -0.3 is 20.5 Å². The van der Waals surface area contributed by atoms with Crippen LogP contribution in [-0.4, -0.2) is 32.8 Å². The van der Waals surface area contributed by atoms with Crippen molar-refractivity contribution in [3.63, 3.8) is 0 Å². The van der Waals surface area contributed by atoms with Crippen molar-refractivity contribution >= 4 is 5.96 Å². The second kappa shape index (κ2) is 10.9. The molecule has 23 heavy (non-hydrogen) atoms. The van der Waals surface area contributed by atoms with Crippen LogP contribution in [0.25, 0.3) is 0 Å². The van der Waals surface area contributed by atoms with Crippen LogP contribution in [0.15, 0.2) is 23.2 Å². The van der Waals surface area contributed by atoms with Gasteiger partial charge in [-0.25, -0.2) is 4.99 Å². The Morgan fingerprint density at radius 2 is 2.09 bits per heavy atom. The monoisotopic (exact) mass is 321 g/mol. The van der Waals surface area contributed by atoms with Crippen molar-refractivity contribution in [2.75, 3.05) is 26.9 Å². The van der Waals surface area contributed by atoms with Gasteiger partial charge in [-0.3, -0.25) is 0 Å². The molecule has 0 radical (unpaired) electrons. The van der Waals surface area contributed by atoms with E-state index in [4.69, 9.17) is 15.2 Å². The molecule has 0 saturated heterocycles. The lowest BCUT2D eigenvalue weighted by Gasteiger charge is -2.12. The van der Waals surface area contributed by atoms with E-state index in [0.717, 1.165) is 30.7 Å². The van der Waals surface area contributed by atoms with Crippen LogP contribution in [0.1, 0.15) is 37.8 Å². The van der Waals surface area contributed by atoms with E-state index >= 15 is 0 Å². The standard InChI is InChI=1S/C18H31N3O2/c1-14(2)8-9-20-18(19)21-13-16-7-6-15(3)12-17(16)23-11-5-10-22-4/h6-7,12,14H,5,8-11,13H2,1-4H3,(H3,19,20,21). The van der Waals surface area contributed by atoms with Crippen LogP contribution < -0.4 is 15.8 Å². The van der Waals surface area contributed by atoms with Crippen LogP contribution >= 0.6 is 0 Å². The van der Waals surface area contributed by atoms with Gasteiger partial charge in [0.2, 0.25) is 0 Å². The molecular formula is C18H31N3O2. The van der Waals surface area contributed by atoms with Gasteiger partial charge in [-0.1, -0.05) is 26.0 Å². The van der Waals surface area contributed by atoms with E-state index in [1.807, 2.05) is 12.1 Å². The molecule has 0 saturated carbocycles. The molecule has 0 heterocycles. The molecule has 1 rings (SSSR count). The van der Waals surface area contributed by atoms with Gasteiger partial charge in [0.1, 0.15) is 5.75 Å². The van der Waals surface area contributed by atoms with Gasteiger partial charge in [0.25, 0.3) is 0 Å². The molecule has 0 fully saturated rings. The number of benzene rings is 1. The molecule has 1 aromatic carbocycles. The van der Waals surface area contributed by atoms with Crippen LogP contribution in [0.5, 0.6) is 5.75 Å². The SMILES string of the molecule is COCCCOc1cc(C)ccc1CN=C(N)NCCC(C)C. The lowest BCUT2D eigenvalue weighted by atomic mass is 10.1. The highest BCUT2D eigenvalue weighted by molar-refractivity contribution is 5.77. The van der Waals surface area contributed by atoms with Crippen molar-refractivity contribution in [3.05, 3.63) is 29.3 Å². The molecule has 5 nitrogen and oxygen atoms in total. The Kier molecular flexibility index (Phi) is 9.14. The molecule has 0 bridgehead atoms. The molecule has 0 amide bonds. The highest BCUT2D eigenvalue weighted by Gasteiger charge is 2.04. The molecule has 130 valence electrons. The summed E-state index contributed by atoms with van der Waals surface area (Å²) in [6.45, 7) is 9.13. The van der Waals surface area contributed by atoms with Crippen molar-refractivity contribution < 1.29 is 9.47 Å². The Balaban J connectivity index is 2.57. The predicted octanol–water partition coefficient (Wildman–Crippen LogP) is 2.86. The summed E-state index contributed by atoms with van der Waals surface area (Å²) < 4.78 is 10.9. The minimum Gasteiger partial charge on any atom is -0.493 e.